The Bertz CT molecular complexity index is 394. The van der Waals surface area contributed by atoms with Gasteiger partial charge >= 0.3 is 0 Å². The van der Waals surface area contributed by atoms with Crippen molar-refractivity contribution in [3.63, 3.8) is 0 Å². The van der Waals surface area contributed by atoms with Crippen molar-refractivity contribution in [3.05, 3.63) is 30.3 Å². The minimum atomic E-state index is -0.501. The number of anilines is 1. The molecule has 18 heavy (non-hydrogen) atoms. The fourth-order valence-corrected chi connectivity index (χ4v) is 1.17. The van der Waals surface area contributed by atoms with Crippen LogP contribution in [0.3, 0.4) is 0 Å². The summed E-state index contributed by atoms with van der Waals surface area (Å²) in [5.74, 6) is 5.24. The lowest BCUT2D eigenvalue weighted by Gasteiger charge is -2.08. The maximum absolute atomic E-state index is 10.4. The van der Waals surface area contributed by atoms with Gasteiger partial charge in [-0.25, -0.2) is 10.8 Å². The van der Waals surface area contributed by atoms with Crippen molar-refractivity contribution in [2.75, 3.05) is 25.1 Å². The van der Waals surface area contributed by atoms with Gasteiger partial charge in [0.2, 0.25) is 11.9 Å². The van der Waals surface area contributed by atoms with Crippen molar-refractivity contribution in [1.29, 1.82) is 0 Å². The number of hydrogen-bond acceptors (Lipinski definition) is 4. The molecule has 1 amide bonds. The topological polar surface area (TPSA) is 115 Å². The molecule has 0 heterocycles. The molecule has 0 fully saturated rings. The van der Waals surface area contributed by atoms with E-state index in [1.165, 1.54) is 0 Å². The molecule has 0 saturated carbocycles. The summed E-state index contributed by atoms with van der Waals surface area (Å²) in [6, 6.07) is 9.47. The lowest BCUT2D eigenvalue weighted by atomic mass is 10.3. The first kappa shape index (κ1) is 13.9. The second kappa shape index (κ2) is 8.04. The highest BCUT2D eigenvalue weighted by molar-refractivity contribution is 5.93. The molecule has 98 valence electrons. The van der Waals surface area contributed by atoms with E-state index < -0.39 is 5.91 Å². The van der Waals surface area contributed by atoms with Crippen LogP contribution in [0, 0.1) is 0 Å². The number of aliphatic imine (C=N–C) groups is 1. The summed E-state index contributed by atoms with van der Waals surface area (Å²) >= 11 is 0. The number of carbonyl (C=O) groups is 1. The van der Waals surface area contributed by atoms with E-state index in [4.69, 9.17) is 16.3 Å². The Balaban J connectivity index is 2.34. The number of amides is 1. The highest BCUT2D eigenvalue weighted by Gasteiger charge is 1.97. The molecule has 0 aliphatic rings. The monoisotopic (exact) mass is 251 g/mol. The van der Waals surface area contributed by atoms with E-state index in [1.54, 1.807) is 0 Å². The minimum absolute atomic E-state index is 0.104. The molecule has 6 N–H and O–H groups in total. The van der Waals surface area contributed by atoms with Crippen molar-refractivity contribution in [2.45, 2.75) is 0 Å². The first-order valence-corrected chi connectivity index (χ1v) is 5.41. The number of carbonyl (C=O) groups excluding carboxylic acids is 1. The number of rotatable bonds is 6. The van der Waals surface area contributed by atoms with Gasteiger partial charge in [0, 0.05) is 5.69 Å². The Labute approximate surface area is 105 Å². The van der Waals surface area contributed by atoms with Crippen LogP contribution in [0.4, 0.5) is 5.69 Å². The van der Waals surface area contributed by atoms with E-state index >= 15 is 0 Å². The smallest absolute Gasteiger partial charge is 0.243 e. The van der Waals surface area contributed by atoms with Gasteiger partial charge in [-0.2, -0.15) is 0 Å². The molecule has 0 bridgehead atoms. The normalized spacial score (nSPS) is 11.1. The third kappa shape index (κ3) is 5.83. The number of nitrogens with two attached hydrogens (primary N) is 2. The first-order valence-electron chi connectivity index (χ1n) is 5.41. The number of primary amides is 1. The predicted molar refractivity (Wildman–Crippen MR) is 69.7 cm³/mol. The molecule has 0 radical (unpaired) electrons. The predicted octanol–water partition coefficient (Wildman–Crippen LogP) is -0.580. The summed E-state index contributed by atoms with van der Waals surface area (Å²) in [6.07, 6.45) is 0. The number of guanidine groups is 1. The summed E-state index contributed by atoms with van der Waals surface area (Å²) in [7, 11) is 0. The van der Waals surface area contributed by atoms with Crippen LogP contribution in [0.1, 0.15) is 0 Å². The van der Waals surface area contributed by atoms with E-state index in [2.05, 4.69) is 15.7 Å². The maximum atomic E-state index is 10.4. The molecule has 0 atom stereocenters. The van der Waals surface area contributed by atoms with Gasteiger partial charge in [0.05, 0.1) is 13.2 Å². The quantitative estimate of drug-likeness (QED) is 0.177. The number of hydrazine groups is 1. The van der Waals surface area contributed by atoms with Crippen LogP contribution in [0.2, 0.25) is 0 Å². The number of benzene rings is 1. The zero-order valence-electron chi connectivity index (χ0n) is 9.93. The van der Waals surface area contributed by atoms with Crippen LogP contribution in [-0.4, -0.2) is 31.6 Å². The molecule has 1 aromatic carbocycles. The number of hydrogen-bond donors (Lipinski definition) is 4. The average Bonchev–Trinajstić information content (AvgIpc) is 2.38. The van der Waals surface area contributed by atoms with E-state index in [-0.39, 0.29) is 6.61 Å². The zero-order valence-corrected chi connectivity index (χ0v) is 9.93. The minimum Gasteiger partial charge on any atom is -0.370 e. The molecule has 1 aromatic rings. The van der Waals surface area contributed by atoms with E-state index in [0.717, 1.165) is 5.69 Å². The lowest BCUT2D eigenvalue weighted by molar-refractivity contribution is -0.122. The number of nitrogens with zero attached hydrogens (tertiary/aromatic N) is 1. The standard InChI is InChI=1S/C11H17N5O2/c12-10(17)8-18-7-6-14-11(16-13)15-9-4-2-1-3-5-9/h1-5H,6-8,13H2,(H2,12,17)(H2,14,15,16). The Morgan fingerprint density at radius 2 is 2.06 bits per heavy atom. The van der Waals surface area contributed by atoms with Gasteiger partial charge in [-0.1, -0.05) is 18.2 Å². The average molecular weight is 251 g/mol. The van der Waals surface area contributed by atoms with Gasteiger partial charge < -0.3 is 15.8 Å². The van der Waals surface area contributed by atoms with Gasteiger partial charge in [0.25, 0.3) is 0 Å². The Morgan fingerprint density at radius 1 is 1.33 bits per heavy atom. The van der Waals surface area contributed by atoms with Gasteiger partial charge in [-0.3, -0.25) is 10.2 Å². The molecule has 1 rings (SSSR count). The van der Waals surface area contributed by atoms with Gasteiger partial charge in [-0.15, -0.1) is 0 Å². The molecular formula is C11H17N5O2. The summed E-state index contributed by atoms with van der Waals surface area (Å²) in [5, 5.41) is 3.00. The van der Waals surface area contributed by atoms with Crippen LogP contribution >= 0.6 is 0 Å². The van der Waals surface area contributed by atoms with Crippen molar-refractivity contribution < 1.29 is 9.53 Å². The molecule has 0 spiro atoms. The second-order valence-corrected chi connectivity index (χ2v) is 3.38. The molecule has 0 unspecified atom stereocenters. The van der Waals surface area contributed by atoms with Crippen LogP contribution in [-0.2, 0) is 9.53 Å². The lowest BCUT2D eigenvalue weighted by Crippen LogP contribution is -2.36. The van der Waals surface area contributed by atoms with Crippen molar-refractivity contribution in [2.24, 2.45) is 16.6 Å². The molecule has 0 aliphatic carbocycles. The fraction of sp³-hybridized carbons (Fsp3) is 0.273. The van der Waals surface area contributed by atoms with Crippen LogP contribution < -0.4 is 22.3 Å². The first-order chi connectivity index (χ1) is 8.72. The molecule has 0 aliphatic heterocycles. The molecule has 0 aromatic heterocycles. The van der Waals surface area contributed by atoms with Crippen LogP contribution in [0.25, 0.3) is 0 Å². The van der Waals surface area contributed by atoms with Crippen molar-refractivity contribution >= 4 is 17.6 Å². The number of nitrogens with one attached hydrogen (secondary N) is 2. The van der Waals surface area contributed by atoms with E-state index in [0.29, 0.717) is 19.1 Å². The largest absolute Gasteiger partial charge is 0.370 e. The summed E-state index contributed by atoms with van der Waals surface area (Å²) < 4.78 is 4.96. The molecule has 7 heteroatoms. The summed E-state index contributed by atoms with van der Waals surface area (Å²) in [6.45, 7) is 0.560. The highest BCUT2D eigenvalue weighted by atomic mass is 16.5. The molecule has 0 saturated heterocycles. The Kier molecular flexibility index (Phi) is 6.23. The third-order valence-electron chi connectivity index (χ3n) is 1.92. The van der Waals surface area contributed by atoms with Crippen LogP contribution in [0.5, 0.6) is 0 Å². The molecular weight excluding hydrogens is 234 g/mol. The number of para-hydroxylation sites is 1. The highest BCUT2D eigenvalue weighted by Crippen LogP contribution is 2.03. The SMILES string of the molecule is NNC(=NCCOCC(N)=O)Nc1ccccc1. The summed E-state index contributed by atoms with van der Waals surface area (Å²) in [4.78, 5) is 14.5. The van der Waals surface area contributed by atoms with Gasteiger partial charge in [-0.05, 0) is 12.1 Å². The van der Waals surface area contributed by atoms with Gasteiger partial charge in [0.15, 0.2) is 0 Å². The maximum Gasteiger partial charge on any atom is 0.243 e. The summed E-state index contributed by atoms with van der Waals surface area (Å²) in [5.41, 5.74) is 8.23. The Hall–Kier alpha value is -2.12. The molecule has 7 nitrogen and oxygen atoms in total. The van der Waals surface area contributed by atoms with Crippen LogP contribution in [0.15, 0.2) is 35.3 Å². The zero-order chi connectivity index (χ0) is 13.2. The van der Waals surface area contributed by atoms with Crippen molar-refractivity contribution in [1.82, 2.24) is 5.43 Å². The van der Waals surface area contributed by atoms with E-state index in [9.17, 15) is 4.79 Å². The fourth-order valence-electron chi connectivity index (χ4n) is 1.17. The van der Waals surface area contributed by atoms with E-state index in [1.807, 2.05) is 30.3 Å². The third-order valence-corrected chi connectivity index (χ3v) is 1.92. The second-order valence-electron chi connectivity index (χ2n) is 3.38. The number of ether oxygens (including phenoxy) is 1. The van der Waals surface area contributed by atoms with Crippen molar-refractivity contribution in [3.8, 4) is 0 Å². The Morgan fingerprint density at radius 3 is 2.67 bits per heavy atom. The van der Waals surface area contributed by atoms with Gasteiger partial charge in [0.1, 0.15) is 6.61 Å².